The van der Waals surface area contributed by atoms with E-state index in [2.05, 4.69) is 11.9 Å². The van der Waals surface area contributed by atoms with Crippen LogP contribution in [0.2, 0.25) is 0 Å². The van der Waals surface area contributed by atoms with Gasteiger partial charge < -0.3 is 10.4 Å². The van der Waals surface area contributed by atoms with Gasteiger partial charge in [0.15, 0.2) is 0 Å². The molecule has 2 atom stereocenters. The Morgan fingerprint density at radius 3 is 2.71 bits per heavy atom. The molecule has 0 aliphatic heterocycles. The number of halogens is 1. The van der Waals surface area contributed by atoms with Gasteiger partial charge in [-0.05, 0) is 18.9 Å². The Bertz CT molecular complexity index is 350. The van der Waals surface area contributed by atoms with Crippen LogP contribution < -0.4 is 5.32 Å². The van der Waals surface area contributed by atoms with Crippen molar-refractivity contribution in [1.82, 2.24) is 5.32 Å². The molecule has 1 rings (SSSR count). The van der Waals surface area contributed by atoms with Gasteiger partial charge in [0.1, 0.15) is 5.82 Å². The number of aliphatic hydroxyl groups excluding tert-OH is 1. The summed E-state index contributed by atoms with van der Waals surface area (Å²) in [6.45, 7) is 5.73. The highest BCUT2D eigenvalue weighted by atomic mass is 19.1. The van der Waals surface area contributed by atoms with E-state index in [4.69, 9.17) is 0 Å². The molecule has 2 unspecified atom stereocenters. The van der Waals surface area contributed by atoms with Gasteiger partial charge in [0, 0.05) is 17.6 Å². The number of hydrogen-bond acceptors (Lipinski definition) is 2. The van der Waals surface area contributed by atoms with Gasteiger partial charge >= 0.3 is 0 Å². The van der Waals surface area contributed by atoms with Crippen molar-refractivity contribution in [3.8, 4) is 0 Å². The van der Waals surface area contributed by atoms with Crippen molar-refractivity contribution >= 4 is 0 Å². The molecule has 0 saturated carbocycles. The van der Waals surface area contributed by atoms with Gasteiger partial charge in [-0.3, -0.25) is 0 Å². The van der Waals surface area contributed by atoms with Crippen LogP contribution in [0.25, 0.3) is 0 Å². The summed E-state index contributed by atoms with van der Waals surface area (Å²) in [5, 5.41) is 12.4. The van der Waals surface area contributed by atoms with Gasteiger partial charge in [0.25, 0.3) is 0 Å². The number of rotatable bonds is 7. The summed E-state index contributed by atoms with van der Waals surface area (Å²) >= 11 is 0. The van der Waals surface area contributed by atoms with Crippen LogP contribution in [0.15, 0.2) is 36.9 Å². The van der Waals surface area contributed by atoms with Crippen molar-refractivity contribution in [2.75, 3.05) is 6.61 Å². The second kappa shape index (κ2) is 7.20. The molecular weight excluding hydrogens is 217 g/mol. The third kappa shape index (κ3) is 3.95. The molecule has 0 bridgehead atoms. The highest BCUT2D eigenvalue weighted by Crippen LogP contribution is 2.21. The maximum absolute atomic E-state index is 13.7. The van der Waals surface area contributed by atoms with Gasteiger partial charge in [-0.1, -0.05) is 31.2 Å². The molecule has 1 aromatic carbocycles. The zero-order valence-electron chi connectivity index (χ0n) is 10.2. The molecule has 0 aliphatic carbocycles. The smallest absolute Gasteiger partial charge is 0.127 e. The maximum atomic E-state index is 13.7. The minimum Gasteiger partial charge on any atom is -0.395 e. The third-order valence-electron chi connectivity index (χ3n) is 2.83. The fraction of sp³-hybridized carbons (Fsp3) is 0.429. The maximum Gasteiger partial charge on any atom is 0.127 e. The summed E-state index contributed by atoms with van der Waals surface area (Å²) < 4.78 is 13.7. The lowest BCUT2D eigenvalue weighted by atomic mass is 10.0. The number of hydrogen-bond donors (Lipinski definition) is 2. The van der Waals surface area contributed by atoms with Crippen LogP contribution in [0.5, 0.6) is 0 Å². The first kappa shape index (κ1) is 13.9. The van der Waals surface area contributed by atoms with Crippen LogP contribution in [0, 0.1) is 5.82 Å². The predicted molar refractivity (Wildman–Crippen MR) is 68.3 cm³/mol. The van der Waals surface area contributed by atoms with Crippen LogP contribution in [0.3, 0.4) is 0 Å². The van der Waals surface area contributed by atoms with E-state index >= 15 is 0 Å². The van der Waals surface area contributed by atoms with Crippen LogP contribution in [-0.2, 0) is 0 Å². The van der Waals surface area contributed by atoms with E-state index < -0.39 is 0 Å². The van der Waals surface area contributed by atoms with E-state index in [-0.39, 0.29) is 24.5 Å². The number of nitrogens with one attached hydrogen (secondary N) is 1. The molecular formula is C14H20FNO. The highest BCUT2D eigenvalue weighted by molar-refractivity contribution is 5.22. The highest BCUT2D eigenvalue weighted by Gasteiger charge is 2.17. The van der Waals surface area contributed by atoms with Crippen LogP contribution in [0.4, 0.5) is 4.39 Å². The van der Waals surface area contributed by atoms with Crippen molar-refractivity contribution < 1.29 is 9.50 Å². The number of aliphatic hydroxyl groups is 1. The van der Waals surface area contributed by atoms with E-state index in [0.29, 0.717) is 12.0 Å². The average molecular weight is 237 g/mol. The first-order valence-electron chi connectivity index (χ1n) is 5.95. The van der Waals surface area contributed by atoms with Crippen molar-refractivity contribution in [3.63, 3.8) is 0 Å². The molecule has 0 fully saturated rings. The summed E-state index contributed by atoms with van der Waals surface area (Å²) in [7, 11) is 0. The molecule has 2 N–H and O–H groups in total. The van der Waals surface area contributed by atoms with Gasteiger partial charge in [0.05, 0.1) is 6.61 Å². The van der Waals surface area contributed by atoms with Gasteiger partial charge in [0.2, 0.25) is 0 Å². The Labute approximate surface area is 102 Å². The van der Waals surface area contributed by atoms with E-state index in [1.54, 1.807) is 18.2 Å². The molecule has 1 aromatic rings. The average Bonchev–Trinajstić information content (AvgIpc) is 2.35. The predicted octanol–water partition coefficient (Wildman–Crippen LogP) is 2.80. The van der Waals surface area contributed by atoms with E-state index in [1.165, 1.54) is 6.07 Å². The second-order valence-corrected chi connectivity index (χ2v) is 4.05. The molecule has 0 aliphatic rings. The minimum absolute atomic E-state index is 0.0143. The summed E-state index contributed by atoms with van der Waals surface area (Å²) in [4.78, 5) is 0. The Hall–Kier alpha value is -1.19. The van der Waals surface area contributed by atoms with Crippen molar-refractivity contribution in [2.24, 2.45) is 0 Å². The molecule has 0 spiro atoms. The van der Waals surface area contributed by atoms with Crippen molar-refractivity contribution in [2.45, 2.75) is 31.8 Å². The first-order chi connectivity index (χ1) is 8.22. The topological polar surface area (TPSA) is 32.3 Å². The van der Waals surface area contributed by atoms with E-state index in [9.17, 15) is 9.50 Å². The minimum atomic E-state index is -0.223. The zero-order chi connectivity index (χ0) is 12.7. The first-order valence-corrected chi connectivity index (χ1v) is 5.95. The molecule has 0 saturated heterocycles. The second-order valence-electron chi connectivity index (χ2n) is 4.05. The van der Waals surface area contributed by atoms with Crippen LogP contribution in [-0.4, -0.2) is 17.8 Å². The Balaban J connectivity index is 2.85. The molecule has 94 valence electrons. The lowest BCUT2D eigenvalue weighted by Crippen LogP contribution is -2.35. The summed E-state index contributed by atoms with van der Waals surface area (Å²) in [6, 6.07) is 6.56. The fourth-order valence-corrected chi connectivity index (χ4v) is 1.79. The Kier molecular flexibility index (Phi) is 5.87. The number of benzene rings is 1. The molecule has 2 nitrogen and oxygen atoms in total. The largest absolute Gasteiger partial charge is 0.395 e. The monoisotopic (exact) mass is 237 g/mol. The standard InChI is InChI=1S/C14H20FNO/c1-3-7-14(16-11(4-2)10-17)12-8-5-6-9-13(12)15/h3,5-6,8-9,11,14,16-17H,1,4,7,10H2,2H3. The molecule has 0 radical (unpaired) electrons. The molecule has 0 aromatic heterocycles. The lowest BCUT2D eigenvalue weighted by molar-refractivity contribution is 0.227. The zero-order valence-corrected chi connectivity index (χ0v) is 10.2. The molecule has 3 heteroatoms. The van der Waals surface area contributed by atoms with Gasteiger partial charge in [-0.2, -0.15) is 0 Å². The SMILES string of the molecule is C=CCC(NC(CC)CO)c1ccccc1F. The fourth-order valence-electron chi connectivity index (χ4n) is 1.79. The Morgan fingerprint density at radius 1 is 1.47 bits per heavy atom. The van der Waals surface area contributed by atoms with Gasteiger partial charge in [-0.25, -0.2) is 4.39 Å². The normalized spacial score (nSPS) is 14.3. The quantitative estimate of drug-likeness (QED) is 0.715. The van der Waals surface area contributed by atoms with E-state index in [0.717, 1.165) is 6.42 Å². The molecule has 0 amide bonds. The lowest BCUT2D eigenvalue weighted by Gasteiger charge is -2.23. The van der Waals surface area contributed by atoms with Gasteiger partial charge in [-0.15, -0.1) is 6.58 Å². The third-order valence-corrected chi connectivity index (χ3v) is 2.83. The summed E-state index contributed by atoms with van der Waals surface area (Å²) in [5.41, 5.74) is 0.624. The van der Waals surface area contributed by atoms with E-state index in [1.807, 2.05) is 13.0 Å². The Morgan fingerprint density at radius 2 is 2.18 bits per heavy atom. The van der Waals surface area contributed by atoms with Crippen LogP contribution >= 0.6 is 0 Å². The van der Waals surface area contributed by atoms with Crippen molar-refractivity contribution in [3.05, 3.63) is 48.3 Å². The van der Waals surface area contributed by atoms with Crippen LogP contribution in [0.1, 0.15) is 31.4 Å². The van der Waals surface area contributed by atoms with Crippen molar-refractivity contribution in [1.29, 1.82) is 0 Å². The molecule has 0 heterocycles. The summed E-state index contributed by atoms with van der Waals surface area (Å²) in [6.07, 6.45) is 3.20. The molecule has 17 heavy (non-hydrogen) atoms. The summed E-state index contributed by atoms with van der Waals surface area (Å²) in [5.74, 6) is -0.223.